The molecule has 2 N–H and O–H groups in total. The van der Waals surface area contributed by atoms with Crippen LogP contribution in [0, 0.1) is 13.8 Å². The Balaban J connectivity index is 2.31. The molecule has 0 saturated carbocycles. The minimum atomic E-state index is 0.633. The molecule has 2 nitrogen and oxygen atoms in total. The number of rotatable bonds is 4. The van der Waals surface area contributed by atoms with Crippen LogP contribution in [0.4, 0.5) is 0 Å². The molecular weight excluding hydrogens is 222 g/mol. The summed E-state index contributed by atoms with van der Waals surface area (Å²) in [6, 6.07) is 14.3. The molecule has 0 spiro atoms. The van der Waals surface area contributed by atoms with Gasteiger partial charge in [-0.2, -0.15) is 0 Å². The summed E-state index contributed by atoms with van der Waals surface area (Å²) in [4.78, 5) is 0. The van der Waals surface area contributed by atoms with Crippen molar-refractivity contribution in [2.24, 2.45) is 5.73 Å². The lowest BCUT2D eigenvalue weighted by Gasteiger charge is -2.13. The Labute approximate surface area is 108 Å². The van der Waals surface area contributed by atoms with Crippen LogP contribution in [-0.2, 0) is 6.42 Å². The van der Waals surface area contributed by atoms with Crippen molar-refractivity contribution >= 4 is 0 Å². The number of benzene rings is 2. The first-order valence-electron chi connectivity index (χ1n) is 6.24. The van der Waals surface area contributed by atoms with Crippen molar-refractivity contribution in [1.29, 1.82) is 0 Å². The van der Waals surface area contributed by atoms with E-state index in [1.54, 1.807) is 0 Å². The summed E-state index contributed by atoms with van der Waals surface area (Å²) in [5.74, 6) is 1.81. The average Bonchev–Trinajstić information content (AvgIpc) is 2.35. The van der Waals surface area contributed by atoms with E-state index in [1.807, 2.05) is 37.3 Å². The second kappa shape index (κ2) is 5.69. The molecule has 0 aliphatic heterocycles. The third kappa shape index (κ3) is 2.90. The van der Waals surface area contributed by atoms with Gasteiger partial charge in [0, 0.05) is 0 Å². The van der Waals surface area contributed by atoms with Crippen LogP contribution >= 0.6 is 0 Å². The number of hydrogen-bond donors (Lipinski definition) is 1. The molecule has 0 radical (unpaired) electrons. The predicted octanol–water partition coefficient (Wildman–Crippen LogP) is 3.60. The van der Waals surface area contributed by atoms with Gasteiger partial charge in [0.2, 0.25) is 0 Å². The molecule has 0 amide bonds. The van der Waals surface area contributed by atoms with E-state index in [1.165, 1.54) is 11.1 Å². The molecule has 0 atom stereocenters. The van der Waals surface area contributed by atoms with Gasteiger partial charge in [-0.05, 0) is 50.1 Å². The van der Waals surface area contributed by atoms with Crippen LogP contribution in [0.2, 0.25) is 0 Å². The van der Waals surface area contributed by atoms with Gasteiger partial charge in [-0.1, -0.05) is 35.9 Å². The van der Waals surface area contributed by atoms with Crippen LogP contribution in [0.1, 0.15) is 16.7 Å². The largest absolute Gasteiger partial charge is 0.457 e. The number of para-hydroxylation sites is 1. The van der Waals surface area contributed by atoms with Gasteiger partial charge in [-0.15, -0.1) is 0 Å². The van der Waals surface area contributed by atoms with E-state index < -0.39 is 0 Å². The highest BCUT2D eigenvalue weighted by atomic mass is 16.5. The standard InChI is InChI=1S/C16H19NO/c1-12-7-8-16(14(11-12)9-10-17)18-15-6-4-3-5-13(15)2/h3-8,11H,9-10,17H2,1-2H3. The van der Waals surface area contributed by atoms with Crippen LogP contribution in [0.3, 0.4) is 0 Å². The van der Waals surface area contributed by atoms with Crippen molar-refractivity contribution in [2.45, 2.75) is 20.3 Å². The predicted molar refractivity (Wildman–Crippen MR) is 75.2 cm³/mol. The quantitative estimate of drug-likeness (QED) is 0.887. The number of nitrogens with two attached hydrogens (primary N) is 1. The van der Waals surface area contributed by atoms with Crippen LogP contribution in [0.25, 0.3) is 0 Å². The normalized spacial score (nSPS) is 10.4. The van der Waals surface area contributed by atoms with Crippen molar-refractivity contribution in [3.63, 3.8) is 0 Å². The van der Waals surface area contributed by atoms with E-state index in [-0.39, 0.29) is 0 Å². The number of aryl methyl sites for hydroxylation is 2. The van der Waals surface area contributed by atoms with Gasteiger partial charge in [-0.3, -0.25) is 0 Å². The Bertz CT molecular complexity index is 534. The first kappa shape index (κ1) is 12.7. The minimum absolute atomic E-state index is 0.633. The zero-order chi connectivity index (χ0) is 13.0. The van der Waals surface area contributed by atoms with Gasteiger partial charge >= 0.3 is 0 Å². The Morgan fingerprint density at radius 3 is 2.50 bits per heavy atom. The highest BCUT2D eigenvalue weighted by Crippen LogP contribution is 2.28. The maximum absolute atomic E-state index is 5.99. The summed E-state index contributed by atoms with van der Waals surface area (Å²) in [5.41, 5.74) is 9.18. The Morgan fingerprint density at radius 1 is 1.00 bits per heavy atom. The maximum Gasteiger partial charge on any atom is 0.130 e. The van der Waals surface area contributed by atoms with Crippen LogP contribution in [-0.4, -0.2) is 6.54 Å². The van der Waals surface area contributed by atoms with Crippen LogP contribution in [0.15, 0.2) is 42.5 Å². The SMILES string of the molecule is Cc1ccc(Oc2ccccc2C)c(CCN)c1. The third-order valence-electron chi connectivity index (χ3n) is 2.94. The molecule has 2 rings (SSSR count). The van der Waals surface area contributed by atoms with Crippen molar-refractivity contribution in [3.8, 4) is 11.5 Å². The van der Waals surface area contributed by atoms with E-state index in [0.29, 0.717) is 6.54 Å². The lowest BCUT2D eigenvalue weighted by Crippen LogP contribution is -2.04. The summed E-state index contributed by atoms with van der Waals surface area (Å²) in [7, 11) is 0. The molecule has 2 aromatic carbocycles. The molecule has 0 fully saturated rings. The highest BCUT2D eigenvalue weighted by molar-refractivity contribution is 5.42. The average molecular weight is 241 g/mol. The van der Waals surface area contributed by atoms with Gasteiger partial charge in [0.1, 0.15) is 11.5 Å². The molecule has 2 aromatic rings. The molecule has 0 unspecified atom stereocenters. The van der Waals surface area contributed by atoms with Crippen LogP contribution in [0.5, 0.6) is 11.5 Å². The molecule has 0 aromatic heterocycles. The van der Waals surface area contributed by atoms with Gasteiger partial charge in [0.25, 0.3) is 0 Å². The summed E-state index contributed by atoms with van der Waals surface area (Å²) >= 11 is 0. The molecule has 0 saturated heterocycles. The number of hydrogen-bond acceptors (Lipinski definition) is 2. The smallest absolute Gasteiger partial charge is 0.130 e. The Kier molecular flexibility index (Phi) is 4.00. The Hall–Kier alpha value is -1.80. The topological polar surface area (TPSA) is 35.2 Å². The summed E-state index contributed by atoms with van der Waals surface area (Å²) in [5, 5.41) is 0. The van der Waals surface area contributed by atoms with Crippen molar-refractivity contribution in [3.05, 3.63) is 59.2 Å². The van der Waals surface area contributed by atoms with E-state index in [9.17, 15) is 0 Å². The summed E-state index contributed by atoms with van der Waals surface area (Å²) in [6.45, 7) is 4.76. The fourth-order valence-electron chi connectivity index (χ4n) is 1.95. The molecule has 0 aliphatic carbocycles. The van der Waals surface area contributed by atoms with Crippen LogP contribution < -0.4 is 10.5 Å². The van der Waals surface area contributed by atoms with Gasteiger partial charge in [0.15, 0.2) is 0 Å². The maximum atomic E-state index is 5.99. The monoisotopic (exact) mass is 241 g/mol. The van der Waals surface area contributed by atoms with Crippen molar-refractivity contribution in [2.75, 3.05) is 6.54 Å². The third-order valence-corrected chi connectivity index (χ3v) is 2.94. The molecule has 0 heterocycles. The van der Waals surface area contributed by atoms with Gasteiger partial charge < -0.3 is 10.5 Å². The van der Waals surface area contributed by atoms with E-state index in [0.717, 1.165) is 23.5 Å². The van der Waals surface area contributed by atoms with Gasteiger partial charge in [0.05, 0.1) is 0 Å². The molecule has 94 valence electrons. The fourth-order valence-corrected chi connectivity index (χ4v) is 1.95. The number of ether oxygens (including phenoxy) is 1. The Morgan fingerprint density at radius 2 is 1.78 bits per heavy atom. The molecular formula is C16H19NO. The molecule has 0 aliphatic rings. The van der Waals surface area contributed by atoms with Crippen molar-refractivity contribution < 1.29 is 4.74 Å². The first-order chi connectivity index (χ1) is 8.70. The second-order valence-corrected chi connectivity index (χ2v) is 4.52. The van der Waals surface area contributed by atoms with Gasteiger partial charge in [-0.25, -0.2) is 0 Å². The fraction of sp³-hybridized carbons (Fsp3) is 0.250. The van der Waals surface area contributed by atoms with Crippen molar-refractivity contribution in [1.82, 2.24) is 0 Å². The molecule has 2 heteroatoms. The zero-order valence-corrected chi connectivity index (χ0v) is 10.9. The zero-order valence-electron chi connectivity index (χ0n) is 10.9. The van der Waals surface area contributed by atoms with E-state index >= 15 is 0 Å². The minimum Gasteiger partial charge on any atom is -0.457 e. The van der Waals surface area contributed by atoms with E-state index in [4.69, 9.17) is 10.5 Å². The first-order valence-corrected chi connectivity index (χ1v) is 6.24. The molecule has 0 bridgehead atoms. The second-order valence-electron chi connectivity index (χ2n) is 4.52. The lowest BCUT2D eigenvalue weighted by atomic mass is 10.1. The lowest BCUT2D eigenvalue weighted by molar-refractivity contribution is 0.472. The van der Waals surface area contributed by atoms with E-state index in [2.05, 4.69) is 19.1 Å². The highest BCUT2D eigenvalue weighted by Gasteiger charge is 2.06. The molecule has 18 heavy (non-hydrogen) atoms. The summed E-state index contributed by atoms with van der Waals surface area (Å²) < 4.78 is 5.99. The summed E-state index contributed by atoms with van der Waals surface area (Å²) in [6.07, 6.45) is 0.836.